The summed E-state index contributed by atoms with van der Waals surface area (Å²) in [4.78, 5) is 4.52. The molecule has 4 rings (SSSR count). The Kier molecular flexibility index (Phi) is 5.61. The minimum Gasteiger partial charge on any atom is -0.490 e. The SMILES string of the molecule is Cl.NC1(c2noc(-c3ccc(OC4CCOCC4)cc3)n2)CCCC1. The van der Waals surface area contributed by atoms with Crippen molar-refractivity contribution in [2.24, 2.45) is 5.73 Å². The second-order valence-corrected chi connectivity index (χ2v) is 6.74. The molecule has 136 valence electrons. The summed E-state index contributed by atoms with van der Waals surface area (Å²) in [6, 6.07) is 7.79. The highest BCUT2D eigenvalue weighted by Crippen LogP contribution is 2.35. The molecule has 1 saturated carbocycles. The highest BCUT2D eigenvalue weighted by molar-refractivity contribution is 5.85. The number of nitrogens with zero attached hydrogens (tertiary/aromatic N) is 2. The normalized spacial score (nSPS) is 20.2. The molecule has 1 aromatic heterocycles. The molecule has 1 aliphatic heterocycles. The van der Waals surface area contributed by atoms with E-state index in [-0.39, 0.29) is 18.5 Å². The number of hydrogen-bond donors (Lipinski definition) is 1. The molecule has 2 heterocycles. The van der Waals surface area contributed by atoms with E-state index in [1.54, 1.807) is 0 Å². The van der Waals surface area contributed by atoms with Crippen LogP contribution < -0.4 is 10.5 Å². The van der Waals surface area contributed by atoms with Crippen LogP contribution in [0.4, 0.5) is 0 Å². The van der Waals surface area contributed by atoms with Crippen LogP contribution in [0.3, 0.4) is 0 Å². The van der Waals surface area contributed by atoms with Gasteiger partial charge >= 0.3 is 0 Å². The van der Waals surface area contributed by atoms with Gasteiger partial charge in [-0.05, 0) is 37.1 Å². The molecular weight excluding hydrogens is 342 g/mol. The average Bonchev–Trinajstić information content (AvgIpc) is 3.27. The van der Waals surface area contributed by atoms with Crippen LogP contribution in [0.25, 0.3) is 11.5 Å². The molecule has 0 amide bonds. The molecule has 2 N–H and O–H groups in total. The maximum absolute atomic E-state index is 6.38. The number of rotatable bonds is 4. The highest BCUT2D eigenvalue weighted by atomic mass is 35.5. The molecule has 0 radical (unpaired) electrons. The smallest absolute Gasteiger partial charge is 0.257 e. The maximum atomic E-state index is 6.38. The second-order valence-electron chi connectivity index (χ2n) is 6.74. The van der Waals surface area contributed by atoms with Gasteiger partial charge in [0, 0.05) is 18.4 Å². The molecule has 1 saturated heterocycles. The number of nitrogens with two attached hydrogens (primary N) is 1. The summed E-state index contributed by atoms with van der Waals surface area (Å²) in [5.41, 5.74) is 6.85. The molecule has 1 aromatic carbocycles. The van der Waals surface area contributed by atoms with Crippen molar-refractivity contribution in [1.29, 1.82) is 0 Å². The van der Waals surface area contributed by atoms with E-state index in [9.17, 15) is 0 Å². The van der Waals surface area contributed by atoms with E-state index in [1.807, 2.05) is 24.3 Å². The Balaban J connectivity index is 0.00000182. The van der Waals surface area contributed by atoms with Crippen LogP contribution in [0.1, 0.15) is 44.3 Å². The average molecular weight is 366 g/mol. The summed E-state index contributed by atoms with van der Waals surface area (Å²) in [7, 11) is 0. The summed E-state index contributed by atoms with van der Waals surface area (Å²) in [5.74, 6) is 1.99. The predicted octanol–water partition coefficient (Wildman–Crippen LogP) is 3.44. The molecule has 0 bridgehead atoms. The minimum atomic E-state index is -0.423. The van der Waals surface area contributed by atoms with Crippen molar-refractivity contribution in [3.05, 3.63) is 30.1 Å². The van der Waals surface area contributed by atoms with E-state index in [2.05, 4.69) is 10.1 Å². The maximum Gasteiger partial charge on any atom is 0.257 e. The van der Waals surface area contributed by atoms with Crippen LogP contribution in [0.15, 0.2) is 28.8 Å². The van der Waals surface area contributed by atoms with Crippen molar-refractivity contribution in [1.82, 2.24) is 10.1 Å². The monoisotopic (exact) mass is 365 g/mol. The van der Waals surface area contributed by atoms with E-state index < -0.39 is 5.54 Å². The van der Waals surface area contributed by atoms with Gasteiger partial charge in [-0.3, -0.25) is 0 Å². The third-order valence-electron chi connectivity index (χ3n) is 4.94. The summed E-state index contributed by atoms with van der Waals surface area (Å²) in [6.07, 6.45) is 6.20. The Morgan fingerprint density at radius 3 is 2.44 bits per heavy atom. The second kappa shape index (κ2) is 7.72. The molecule has 6 nitrogen and oxygen atoms in total. The Labute approximate surface area is 153 Å². The Morgan fingerprint density at radius 2 is 1.76 bits per heavy atom. The van der Waals surface area contributed by atoms with Crippen molar-refractivity contribution in [2.75, 3.05) is 13.2 Å². The molecule has 2 aliphatic rings. The zero-order chi connectivity index (χ0) is 16.4. The van der Waals surface area contributed by atoms with Crippen LogP contribution in [-0.4, -0.2) is 29.5 Å². The first-order valence-corrected chi connectivity index (χ1v) is 8.71. The van der Waals surface area contributed by atoms with E-state index in [1.165, 1.54) is 0 Å². The molecular formula is C18H24ClN3O3. The summed E-state index contributed by atoms with van der Waals surface area (Å²) in [6.45, 7) is 1.54. The van der Waals surface area contributed by atoms with Gasteiger partial charge in [0.25, 0.3) is 5.89 Å². The van der Waals surface area contributed by atoms with E-state index in [4.69, 9.17) is 19.7 Å². The van der Waals surface area contributed by atoms with Gasteiger partial charge in [-0.1, -0.05) is 18.0 Å². The van der Waals surface area contributed by atoms with Crippen LogP contribution >= 0.6 is 12.4 Å². The number of ether oxygens (including phenoxy) is 2. The Morgan fingerprint density at radius 1 is 1.08 bits per heavy atom. The number of halogens is 1. The van der Waals surface area contributed by atoms with E-state index >= 15 is 0 Å². The third kappa shape index (κ3) is 3.97. The van der Waals surface area contributed by atoms with Crippen LogP contribution in [0.5, 0.6) is 5.75 Å². The van der Waals surface area contributed by atoms with Gasteiger partial charge in [0.15, 0.2) is 5.82 Å². The first kappa shape index (κ1) is 18.2. The zero-order valence-corrected chi connectivity index (χ0v) is 15.0. The number of benzene rings is 1. The summed E-state index contributed by atoms with van der Waals surface area (Å²) in [5, 5.41) is 4.11. The van der Waals surface area contributed by atoms with Crippen LogP contribution in [0, 0.1) is 0 Å². The fourth-order valence-corrected chi connectivity index (χ4v) is 3.43. The Bertz CT molecular complexity index is 677. The minimum absolute atomic E-state index is 0. The number of aromatic nitrogens is 2. The van der Waals surface area contributed by atoms with Crippen LogP contribution in [-0.2, 0) is 10.3 Å². The predicted molar refractivity (Wildman–Crippen MR) is 95.8 cm³/mol. The van der Waals surface area contributed by atoms with Gasteiger partial charge in [-0.25, -0.2) is 0 Å². The van der Waals surface area contributed by atoms with Crippen molar-refractivity contribution < 1.29 is 14.0 Å². The summed E-state index contributed by atoms with van der Waals surface area (Å²) < 4.78 is 16.8. The quantitative estimate of drug-likeness (QED) is 0.893. The van der Waals surface area contributed by atoms with Crippen molar-refractivity contribution in [3.63, 3.8) is 0 Å². The highest BCUT2D eigenvalue weighted by Gasteiger charge is 2.36. The van der Waals surface area contributed by atoms with Gasteiger partial charge < -0.3 is 19.7 Å². The molecule has 0 unspecified atom stereocenters. The van der Waals surface area contributed by atoms with Gasteiger partial charge in [0.05, 0.1) is 18.8 Å². The molecule has 7 heteroatoms. The lowest BCUT2D eigenvalue weighted by atomic mass is 9.99. The van der Waals surface area contributed by atoms with E-state index in [0.717, 1.165) is 63.1 Å². The molecule has 25 heavy (non-hydrogen) atoms. The lowest BCUT2D eigenvalue weighted by Crippen LogP contribution is -2.34. The number of hydrogen-bond acceptors (Lipinski definition) is 6. The fraction of sp³-hybridized carbons (Fsp3) is 0.556. The third-order valence-corrected chi connectivity index (χ3v) is 4.94. The molecule has 0 atom stereocenters. The van der Waals surface area contributed by atoms with Crippen molar-refractivity contribution in [2.45, 2.75) is 50.2 Å². The van der Waals surface area contributed by atoms with Gasteiger partial charge in [-0.2, -0.15) is 4.98 Å². The first-order chi connectivity index (χ1) is 11.7. The molecule has 2 fully saturated rings. The lowest BCUT2D eigenvalue weighted by Gasteiger charge is -2.23. The zero-order valence-electron chi connectivity index (χ0n) is 14.1. The molecule has 1 aliphatic carbocycles. The summed E-state index contributed by atoms with van der Waals surface area (Å²) >= 11 is 0. The molecule has 2 aromatic rings. The van der Waals surface area contributed by atoms with Crippen molar-refractivity contribution >= 4 is 12.4 Å². The van der Waals surface area contributed by atoms with Crippen LogP contribution in [0.2, 0.25) is 0 Å². The standard InChI is InChI=1S/C18H23N3O3.ClH/c19-18(9-1-2-10-18)17-20-16(24-21-17)13-3-5-14(6-4-13)23-15-7-11-22-12-8-15;/h3-6,15H,1-2,7-12,19H2;1H. The molecule has 0 spiro atoms. The fourth-order valence-electron chi connectivity index (χ4n) is 3.43. The van der Waals surface area contributed by atoms with Gasteiger partial charge in [-0.15, -0.1) is 12.4 Å². The van der Waals surface area contributed by atoms with E-state index in [0.29, 0.717) is 11.7 Å². The lowest BCUT2D eigenvalue weighted by molar-refractivity contribution is 0.0256. The van der Waals surface area contributed by atoms with Gasteiger partial charge in [0.1, 0.15) is 11.9 Å². The Hall–Kier alpha value is -1.63. The van der Waals surface area contributed by atoms with Crippen molar-refractivity contribution in [3.8, 4) is 17.2 Å². The van der Waals surface area contributed by atoms with Gasteiger partial charge in [0.2, 0.25) is 0 Å². The topological polar surface area (TPSA) is 83.4 Å². The largest absolute Gasteiger partial charge is 0.490 e. The first-order valence-electron chi connectivity index (χ1n) is 8.71.